The van der Waals surface area contributed by atoms with Crippen molar-refractivity contribution >= 4 is 34.6 Å². The van der Waals surface area contributed by atoms with E-state index >= 15 is 0 Å². The van der Waals surface area contributed by atoms with Crippen LogP contribution in [0.15, 0.2) is 24.5 Å². The average Bonchev–Trinajstić information content (AvgIpc) is 2.82. The van der Waals surface area contributed by atoms with E-state index in [4.69, 9.17) is 17.3 Å². The lowest BCUT2D eigenvalue weighted by atomic mass is 10.2. The third kappa shape index (κ3) is 3.64. The Morgan fingerprint density at radius 2 is 1.87 bits per heavy atom. The smallest absolute Gasteiger partial charge is 0.159 e. The highest BCUT2D eigenvalue weighted by atomic mass is 35.5. The predicted molar refractivity (Wildman–Crippen MR) is 91.8 cm³/mol. The first-order valence-corrected chi connectivity index (χ1v) is 8.10. The van der Waals surface area contributed by atoms with Gasteiger partial charge in [0, 0.05) is 18.8 Å². The van der Waals surface area contributed by atoms with Crippen LogP contribution in [0.5, 0.6) is 0 Å². The van der Waals surface area contributed by atoms with Crippen LogP contribution in [0.4, 0.5) is 27.4 Å². The zero-order valence-corrected chi connectivity index (χ0v) is 13.5. The highest BCUT2D eigenvalue weighted by Gasteiger charge is 2.17. The second kappa shape index (κ2) is 7.00. The van der Waals surface area contributed by atoms with Crippen molar-refractivity contribution in [2.45, 2.75) is 25.7 Å². The van der Waals surface area contributed by atoms with Gasteiger partial charge in [-0.05, 0) is 31.0 Å². The standard InChI is InChI=1S/C16H19ClFN5/c17-12-9-11(5-6-13(12)18)22-15-14(19)16(21-10-20-15)23-7-3-1-2-4-8-23/h5-6,9-10H,1-4,7-8,19H2,(H,20,21,22). The molecule has 0 bridgehead atoms. The van der Waals surface area contributed by atoms with E-state index in [-0.39, 0.29) is 5.02 Å². The summed E-state index contributed by atoms with van der Waals surface area (Å²) >= 11 is 5.80. The molecule has 0 saturated carbocycles. The number of hydrogen-bond acceptors (Lipinski definition) is 5. The van der Waals surface area contributed by atoms with E-state index < -0.39 is 5.82 Å². The number of hydrogen-bond donors (Lipinski definition) is 2. The molecule has 23 heavy (non-hydrogen) atoms. The topological polar surface area (TPSA) is 67.1 Å². The minimum atomic E-state index is -0.460. The van der Waals surface area contributed by atoms with Crippen LogP contribution in [0.2, 0.25) is 5.02 Å². The van der Waals surface area contributed by atoms with Gasteiger partial charge in [0.25, 0.3) is 0 Å². The molecule has 0 aliphatic carbocycles. The molecule has 1 aromatic carbocycles. The summed E-state index contributed by atoms with van der Waals surface area (Å²) in [5, 5.41) is 3.13. The summed E-state index contributed by atoms with van der Waals surface area (Å²) in [6.45, 7) is 1.89. The third-order valence-electron chi connectivity index (χ3n) is 3.95. The SMILES string of the molecule is Nc1c(Nc2ccc(F)c(Cl)c2)ncnc1N1CCCCCC1. The summed E-state index contributed by atoms with van der Waals surface area (Å²) < 4.78 is 13.2. The number of benzene rings is 1. The zero-order valence-electron chi connectivity index (χ0n) is 12.7. The summed E-state index contributed by atoms with van der Waals surface area (Å²) in [5.41, 5.74) is 7.37. The number of rotatable bonds is 3. The molecule has 1 aliphatic rings. The molecule has 0 spiro atoms. The Kier molecular flexibility index (Phi) is 4.81. The Bertz CT molecular complexity index is 686. The van der Waals surface area contributed by atoms with Gasteiger partial charge in [0.05, 0.1) is 5.02 Å². The Morgan fingerprint density at radius 1 is 1.13 bits per heavy atom. The van der Waals surface area contributed by atoms with Gasteiger partial charge in [-0.25, -0.2) is 14.4 Å². The van der Waals surface area contributed by atoms with Crippen LogP contribution in [-0.4, -0.2) is 23.1 Å². The quantitative estimate of drug-likeness (QED) is 0.888. The summed E-state index contributed by atoms with van der Waals surface area (Å²) in [6, 6.07) is 4.40. The van der Waals surface area contributed by atoms with Crippen molar-refractivity contribution in [2.75, 3.05) is 29.0 Å². The van der Waals surface area contributed by atoms with Gasteiger partial charge in [-0.3, -0.25) is 0 Å². The highest BCUT2D eigenvalue weighted by molar-refractivity contribution is 6.31. The maximum Gasteiger partial charge on any atom is 0.159 e. The van der Waals surface area contributed by atoms with E-state index in [1.165, 1.54) is 31.3 Å². The monoisotopic (exact) mass is 335 g/mol. The first-order valence-electron chi connectivity index (χ1n) is 7.72. The summed E-state index contributed by atoms with van der Waals surface area (Å²) in [4.78, 5) is 10.7. The number of nitrogen functional groups attached to an aromatic ring is 1. The van der Waals surface area contributed by atoms with E-state index in [9.17, 15) is 4.39 Å². The summed E-state index contributed by atoms with van der Waals surface area (Å²) in [6.07, 6.45) is 6.24. The number of nitrogens with two attached hydrogens (primary N) is 1. The molecule has 0 amide bonds. The molecule has 0 atom stereocenters. The van der Waals surface area contributed by atoms with E-state index in [0.29, 0.717) is 17.2 Å². The first-order chi connectivity index (χ1) is 11.1. The molecule has 5 nitrogen and oxygen atoms in total. The van der Waals surface area contributed by atoms with Gasteiger partial charge in [-0.15, -0.1) is 0 Å². The summed E-state index contributed by atoms with van der Waals surface area (Å²) in [7, 11) is 0. The van der Waals surface area contributed by atoms with E-state index in [0.717, 1.165) is 31.7 Å². The van der Waals surface area contributed by atoms with Crippen molar-refractivity contribution in [1.82, 2.24) is 9.97 Å². The van der Waals surface area contributed by atoms with Gasteiger partial charge < -0.3 is 16.0 Å². The van der Waals surface area contributed by atoms with Crippen LogP contribution < -0.4 is 16.0 Å². The van der Waals surface area contributed by atoms with Gasteiger partial charge in [-0.2, -0.15) is 0 Å². The minimum Gasteiger partial charge on any atom is -0.393 e. The van der Waals surface area contributed by atoms with Crippen molar-refractivity contribution in [3.05, 3.63) is 35.4 Å². The molecule has 0 radical (unpaired) electrons. The molecule has 7 heteroatoms. The minimum absolute atomic E-state index is 0.0513. The van der Waals surface area contributed by atoms with E-state index in [2.05, 4.69) is 20.2 Å². The van der Waals surface area contributed by atoms with Gasteiger partial charge in [0.1, 0.15) is 17.8 Å². The van der Waals surface area contributed by atoms with Crippen molar-refractivity contribution in [3.63, 3.8) is 0 Å². The molecule has 1 saturated heterocycles. The molecule has 1 aliphatic heterocycles. The third-order valence-corrected chi connectivity index (χ3v) is 4.24. The van der Waals surface area contributed by atoms with Gasteiger partial charge in [0.15, 0.2) is 11.6 Å². The van der Waals surface area contributed by atoms with Crippen molar-refractivity contribution in [2.24, 2.45) is 0 Å². The second-order valence-electron chi connectivity index (χ2n) is 5.61. The molecule has 2 aromatic rings. The lowest BCUT2D eigenvalue weighted by molar-refractivity contribution is 0.628. The van der Waals surface area contributed by atoms with E-state index in [1.807, 2.05) is 0 Å². The zero-order chi connectivity index (χ0) is 16.2. The number of nitrogens with one attached hydrogen (secondary N) is 1. The maximum absolute atomic E-state index is 13.2. The molecular formula is C16H19ClFN5. The molecule has 1 fully saturated rings. The number of aromatic nitrogens is 2. The van der Waals surface area contributed by atoms with Gasteiger partial charge >= 0.3 is 0 Å². The van der Waals surface area contributed by atoms with E-state index in [1.54, 1.807) is 6.07 Å². The number of halogens is 2. The normalized spacial score (nSPS) is 15.3. The average molecular weight is 336 g/mol. The molecule has 3 N–H and O–H groups in total. The van der Waals surface area contributed by atoms with Crippen LogP contribution >= 0.6 is 11.6 Å². The summed E-state index contributed by atoms with van der Waals surface area (Å²) in [5.74, 6) is 0.790. The van der Waals surface area contributed by atoms with Crippen LogP contribution in [-0.2, 0) is 0 Å². The van der Waals surface area contributed by atoms with Crippen molar-refractivity contribution < 1.29 is 4.39 Å². The van der Waals surface area contributed by atoms with Crippen molar-refractivity contribution in [1.29, 1.82) is 0 Å². The Morgan fingerprint density at radius 3 is 2.57 bits per heavy atom. The fourth-order valence-corrected chi connectivity index (χ4v) is 2.91. The van der Waals surface area contributed by atoms with Crippen LogP contribution in [0, 0.1) is 5.82 Å². The van der Waals surface area contributed by atoms with Crippen LogP contribution in [0.1, 0.15) is 25.7 Å². The molecule has 1 aromatic heterocycles. The maximum atomic E-state index is 13.2. The Labute approximate surface area is 139 Å². The predicted octanol–water partition coefficient (Wildman–Crippen LogP) is 3.98. The molecule has 0 unspecified atom stereocenters. The largest absolute Gasteiger partial charge is 0.393 e. The van der Waals surface area contributed by atoms with Gasteiger partial charge in [0.2, 0.25) is 0 Å². The fraction of sp³-hybridized carbons (Fsp3) is 0.375. The molecule has 2 heterocycles. The first kappa shape index (κ1) is 15.8. The van der Waals surface area contributed by atoms with Crippen LogP contribution in [0.3, 0.4) is 0 Å². The molecule has 122 valence electrons. The Balaban J connectivity index is 1.85. The van der Waals surface area contributed by atoms with Crippen LogP contribution in [0.25, 0.3) is 0 Å². The van der Waals surface area contributed by atoms with Crippen molar-refractivity contribution in [3.8, 4) is 0 Å². The number of nitrogens with zero attached hydrogens (tertiary/aromatic N) is 3. The number of anilines is 4. The molecule has 3 rings (SSSR count). The Hall–Kier alpha value is -2.08. The molecular weight excluding hydrogens is 317 g/mol. The lowest BCUT2D eigenvalue weighted by Crippen LogP contribution is -2.26. The lowest BCUT2D eigenvalue weighted by Gasteiger charge is -2.23. The second-order valence-corrected chi connectivity index (χ2v) is 6.02. The van der Waals surface area contributed by atoms with Gasteiger partial charge in [-0.1, -0.05) is 24.4 Å². The highest BCUT2D eigenvalue weighted by Crippen LogP contribution is 2.30. The fourth-order valence-electron chi connectivity index (χ4n) is 2.73.